The molecule has 0 aliphatic carbocycles. The van der Waals surface area contributed by atoms with E-state index in [9.17, 15) is 18.3 Å². The van der Waals surface area contributed by atoms with Gasteiger partial charge < -0.3 is 9.90 Å². The van der Waals surface area contributed by atoms with Gasteiger partial charge in [-0.25, -0.2) is 8.42 Å². The van der Waals surface area contributed by atoms with Crippen molar-refractivity contribution in [3.63, 3.8) is 0 Å². The van der Waals surface area contributed by atoms with Crippen LogP contribution in [0.25, 0.3) is 0 Å². The second-order valence-electron chi connectivity index (χ2n) is 3.50. The molecule has 0 aliphatic heterocycles. The van der Waals surface area contributed by atoms with Crippen LogP contribution in [0.3, 0.4) is 0 Å². The number of rotatable bonds is 4. The molecule has 0 bridgehead atoms. The lowest BCUT2D eigenvalue weighted by Gasteiger charge is -2.11. The Morgan fingerprint density at radius 3 is 2.47 bits per heavy atom. The molecule has 1 aromatic carbocycles. The standard InChI is InChI=1S/C11H8ClNO4S2/c12-9-5-6-10(18-9)19(16,17)13-8-4-2-1-3-7(8)11(14)15/h1-6,13H,(H,14,15)/p-1. The van der Waals surface area contributed by atoms with Gasteiger partial charge >= 0.3 is 0 Å². The number of sulfonamides is 1. The minimum Gasteiger partial charge on any atom is -0.545 e. The van der Waals surface area contributed by atoms with Crippen LogP contribution in [0.15, 0.2) is 40.6 Å². The van der Waals surface area contributed by atoms with Gasteiger partial charge in [0, 0.05) is 5.56 Å². The minimum atomic E-state index is -3.86. The van der Waals surface area contributed by atoms with Gasteiger partial charge in [0.2, 0.25) is 0 Å². The van der Waals surface area contributed by atoms with E-state index in [0.29, 0.717) is 4.34 Å². The van der Waals surface area contributed by atoms with Gasteiger partial charge in [-0.3, -0.25) is 4.72 Å². The Morgan fingerprint density at radius 1 is 1.21 bits per heavy atom. The first-order chi connectivity index (χ1) is 8.90. The van der Waals surface area contributed by atoms with Crippen LogP contribution in [-0.2, 0) is 10.0 Å². The number of hydrogen-bond acceptors (Lipinski definition) is 5. The maximum Gasteiger partial charge on any atom is 0.271 e. The highest BCUT2D eigenvalue weighted by Gasteiger charge is 2.18. The van der Waals surface area contributed by atoms with Gasteiger partial charge in [-0.15, -0.1) is 11.3 Å². The van der Waals surface area contributed by atoms with Crippen LogP contribution in [0.1, 0.15) is 10.4 Å². The summed E-state index contributed by atoms with van der Waals surface area (Å²) in [5.74, 6) is -1.46. The van der Waals surface area contributed by atoms with Crippen LogP contribution < -0.4 is 9.83 Å². The SMILES string of the molecule is O=C([O-])c1ccccc1NS(=O)(=O)c1ccc(Cl)s1. The molecule has 0 spiro atoms. The number of benzene rings is 1. The summed E-state index contributed by atoms with van der Waals surface area (Å²) in [5.41, 5.74) is -0.277. The third-order valence-electron chi connectivity index (χ3n) is 2.20. The second kappa shape index (κ2) is 5.20. The van der Waals surface area contributed by atoms with Crippen molar-refractivity contribution >= 4 is 44.6 Å². The van der Waals surface area contributed by atoms with Gasteiger partial charge in [0.25, 0.3) is 10.0 Å². The molecule has 5 nitrogen and oxygen atoms in total. The Morgan fingerprint density at radius 2 is 1.89 bits per heavy atom. The fraction of sp³-hybridized carbons (Fsp3) is 0. The molecule has 19 heavy (non-hydrogen) atoms. The molecule has 1 N–H and O–H groups in total. The molecule has 0 fully saturated rings. The van der Waals surface area contributed by atoms with Crippen LogP contribution in [0.4, 0.5) is 5.69 Å². The second-order valence-corrected chi connectivity index (χ2v) is 7.12. The number of hydrogen-bond donors (Lipinski definition) is 1. The zero-order valence-corrected chi connectivity index (χ0v) is 11.7. The summed E-state index contributed by atoms with van der Waals surface area (Å²) in [6.45, 7) is 0. The predicted molar refractivity (Wildman–Crippen MR) is 70.9 cm³/mol. The van der Waals surface area contributed by atoms with Crippen molar-refractivity contribution in [1.29, 1.82) is 0 Å². The van der Waals surface area contributed by atoms with E-state index in [-0.39, 0.29) is 15.5 Å². The zero-order chi connectivity index (χ0) is 14.0. The molecule has 0 saturated carbocycles. The molecule has 100 valence electrons. The summed E-state index contributed by atoms with van der Waals surface area (Å²) >= 11 is 6.55. The molecule has 0 unspecified atom stereocenters. The van der Waals surface area contributed by atoms with Crippen molar-refractivity contribution in [2.45, 2.75) is 4.21 Å². The zero-order valence-electron chi connectivity index (χ0n) is 9.29. The fourth-order valence-corrected chi connectivity index (χ4v) is 3.95. The number of nitrogens with one attached hydrogen (secondary N) is 1. The van der Waals surface area contributed by atoms with E-state index in [0.717, 1.165) is 11.3 Å². The molecular weight excluding hydrogens is 310 g/mol. The van der Waals surface area contributed by atoms with Crippen molar-refractivity contribution in [2.24, 2.45) is 0 Å². The van der Waals surface area contributed by atoms with Crippen molar-refractivity contribution < 1.29 is 18.3 Å². The number of carboxylic acid groups (broad SMARTS) is 1. The quantitative estimate of drug-likeness (QED) is 0.927. The first-order valence-electron chi connectivity index (χ1n) is 4.99. The summed E-state index contributed by atoms with van der Waals surface area (Å²) < 4.78 is 26.6. The maximum absolute atomic E-state index is 12.0. The summed E-state index contributed by atoms with van der Waals surface area (Å²) in [6, 6.07) is 8.39. The maximum atomic E-state index is 12.0. The molecule has 0 aliphatic rings. The topological polar surface area (TPSA) is 86.3 Å². The Balaban J connectivity index is 2.39. The average molecular weight is 317 g/mol. The van der Waals surface area contributed by atoms with Gasteiger partial charge in [-0.2, -0.15) is 0 Å². The summed E-state index contributed by atoms with van der Waals surface area (Å²) in [6.07, 6.45) is 0. The highest BCUT2D eigenvalue weighted by Crippen LogP contribution is 2.27. The first kappa shape index (κ1) is 13.9. The molecule has 2 rings (SSSR count). The number of aromatic carboxylic acids is 1. The molecule has 1 heterocycles. The Labute approximate surface area is 118 Å². The van der Waals surface area contributed by atoms with Gasteiger partial charge in [-0.05, 0) is 18.2 Å². The summed E-state index contributed by atoms with van der Waals surface area (Å²) in [5, 5.41) is 10.9. The molecule has 1 aromatic heterocycles. The van der Waals surface area contributed by atoms with E-state index in [1.165, 1.54) is 36.4 Å². The molecule has 2 aromatic rings. The third-order valence-corrected chi connectivity index (χ3v) is 5.29. The van der Waals surface area contributed by atoms with Crippen LogP contribution >= 0.6 is 22.9 Å². The summed E-state index contributed by atoms with van der Waals surface area (Å²) in [7, 11) is -3.86. The van der Waals surface area contributed by atoms with E-state index in [1.807, 2.05) is 0 Å². The molecular formula is C11H7ClNO4S2-. The predicted octanol–water partition coefficient (Wildman–Crippen LogP) is 1.57. The van der Waals surface area contributed by atoms with E-state index < -0.39 is 16.0 Å². The van der Waals surface area contributed by atoms with Crippen LogP contribution in [0.5, 0.6) is 0 Å². The van der Waals surface area contributed by atoms with Gasteiger partial charge in [-0.1, -0.05) is 29.8 Å². The number of carboxylic acids is 1. The first-order valence-corrected chi connectivity index (χ1v) is 7.66. The number of carbonyl (C=O) groups is 1. The lowest BCUT2D eigenvalue weighted by Crippen LogP contribution is -2.24. The highest BCUT2D eigenvalue weighted by molar-refractivity contribution is 7.94. The average Bonchev–Trinajstić information content (AvgIpc) is 2.76. The van der Waals surface area contributed by atoms with Crippen molar-refractivity contribution in [3.05, 3.63) is 46.3 Å². The fourth-order valence-electron chi connectivity index (χ4n) is 1.39. The van der Waals surface area contributed by atoms with Crippen LogP contribution in [0.2, 0.25) is 4.34 Å². The van der Waals surface area contributed by atoms with E-state index >= 15 is 0 Å². The van der Waals surface area contributed by atoms with E-state index in [4.69, 9.17) is 11.6 Å². The lowest BCUT2D eigenvalue weighted by molar-refractivity contribution is -0.254. The van der Waals surface area contributed by atoms with E-state index in [1.54, 1.807) is 0 Å². The Kier molecular flexibility index (Phi) is 3.79. The van der Waals surface area contributed by atoms with Crippen LogP contribution in [0, 0.1) is 0 Å². The van der Waals surface area contributed by atoms with Gasteiger partial charge in [0.15, 0.2) is 0 Å². The number of thiophene rings is 1. The molecule has 8 heteroatoms. The molecule has 0 radical (unpaired) electrons. The van der Waals surface area contributed by atoms with Gasteiger partial charge in [0.05, 0.1) is 16.0 Å². The van der Waals surface area contributed by atoms with Gasteiger partial charge in [0.1, 0.15) is 4.21 Å². The number of carbonyl (C=O) groups excluding carboxylic acids is 1. The Hall–Kier alpha value is -1.57. The largest absolute Gasteiger partial charge is 0.545 e. The highest BCUT2D eigenvalue weighted by atomic mass is 35.5. The lowest BCUT2D eigenvalue weighted by atomic mass is 10.2. The Bertz CT molecular complexity index is 724. The van der Waals surface area contributed by atoms with Crippen molar-refractivity contribution in [1.82, 2.24) is 0 Å². The monoisotopic (exact) mass is 316 g/mol. The summed E-state index contributed by atoms with van der Waals surface area (Å²) in [4.78, 5) is 10.9. The number of anilines is 1. The molecule has 0 saturated heterocycles. The van der Waals surface area contributed by atoms with Crippen LogP contribution in [-0.4, -0.2) is 14.4 Å². The molecule has 0 amide bonds. The third kappa shape index (κ3) is 3.06. The minimum absolute atomic E-state index is 0.00523. The number of halogens is 1. The van der Waals surface area contributed by atoms with Crippen molar-refractivity contribution in [2.75, 3.05) is 4.72 Å². The smallest absolute Gasteiger partial charge is 0.271 e. The van der Waals surface area contributed by atoms with Crippen molar-refractivity contribution in [3.8, 4) is 0 Å². The molecule has 0 atom stereocenters. The number of para-hydroxylation sites is 1. The normalized spacial score (nSPS) is 11.2. The van der Waals surface area contributed by atoms with E-state index in [2.05, 4.69) is 4.72 Å².